The van der Waals surface area contributed by atoms with Crippen LogP contribution < -0.4 is 10.1 Å². The Morgan fingerprint density at radius 2 is 2.00 bits per heavy atom. The van der Waals surface area contributed by atoms with Crippen LogP contribution in [0.1, 0.15) is 5.56 Å². The second-order valence-corrected chi connectivity index (χ2v) is 5.89. The summed E-state index contributed by atoms with van der Waals surface area (Å²) in [7, 11) is 1.45. The number of thioether (sulfide) groups is 1. The summed E-state index contributed by atoms with van der Waals surface area (Å²) in [6.45, 7) is 0. The molecule has 0 unspecified atom stereocenters. The zero-order valence-electron chi connectivity index (χ0n) is 12.6. The average Bonchev–Trinajstić information content (AvgIpc) is 2.91. The number of para-hydroxylation sites is 1. The molecule has 5 nitrogen and oxygen atoms in total. The number of halogens is 1. The molecule has 7 heteroatoms. The van der Waals surface area contributed by atoms with Gasteiger partial charge in [0.2, 0.25) is 0 Å². The summed E-state index contributed by atoms with van der Waals surface area (Å²) in [5, 5.41) is 13.1. The first-order valence-corrected chi connectivity index (χ1v) is 7.79. The minimum Gasteiger partial charge on any atom is -0.504 e. The Kier molecular flexibility index (Phi) is 4.52. The second kappa shape index (κ2) is 6.76. The van der Waals surface area contributed by atoms with Crippen molar-refractivity contribution in [1.29, 1.82) is 0 Å². The van der Waals surface area contributed by atoms with Crippen molar-refractivity contribution in [2.24, 2.45) is 4.99 Å². The number of phenolic OH excluding ortho intramolecular Hbond substituents is 1. The number of benzene rings is 2. The van der Waals surface area contributed by atoms with Gasteiger partial charge in [0.25, 0.3) is 5.91 Å². The molecule has 1 aliphatic rings. The van der Waals surface area contributed by atoms with Crippen molar-refractivity contribution in [3.8, 4) is 11.5 Å². The lowest BCUT2D eigenvalue weighted by Gasteiger charge is -2.05. The number of hydrogen-bond donors (Lipinski definition) is 2. The number of amidine groups is 1. The van der Waals surface area contributed by atoms with Crippen molar-refractivity contribution in [1.82, 2.24) is 5.32 Å². The third-order valence-corrected chi connectivity index (χ3v) is 4.15. The van der Waals surface area contributed by atoms with Crippen LogP contribution in [-0.4, -0.2) is 23.3 Å². The molecule has 1 fully saturated rings. The van der Waals surface area contributed by atoms with Crippen LogP contribution in [0.15, 0.2) is 52.4 Å². The molecule has 1 aliphatic heterocycles. The Morgan fingerprint density at radius 3 is 2.71 bits per heavy atom. The highest BCUT2D eigenvalue weighted by Gasteiger charge is 2.24. The lowest BCUT2D eigenvalue weighted by Crippen LogP contribution is -2.19. The van der Waals surface area contributed by atoms with Gasteiger partial charge in [-0.05, 0) is 48.2 Å². The number of methoxy groups -OCH3 is 1. The maximum atomic E-state index is 12.9. The Labute approximate surface area is 141 Å². The fraction of sp³-hybridized carbons (Fsp3) is 0.0588. The molecular weight excluding hydrogens is 331 g/mol. The quantitative estimate of drug-likeness (QED) is 0.837. The number of aromatic hydroxyl groups is 1. The number of carbonyl (C=O) groups is 1. The van der Waals surface area contributed by atoms with E-state index < -0.39 is 0 Å². The Morgan fingerprint density at radius 1 is 1.25 bits per heavy atom. The maximum Gasteiger partial charge on any atom is 0.264 e. The molecule has 0 saturated carbocycles. The number of hydrogen-bond acceptors (Lipinski definition) is 5. The third-order valence-electron chi connectivity index (χ3n) is 3.24. The number of aliphatic imine (C=N–C) groups is 1. The van der Waals surface area contributed by atoms with E-state index >= 15 is 0 Å². The van der Waals surface area contributed by atoms with Crippen LogP contribution >= 0.6 is 11.8 Å². The number of amides is 1. The summed E-state index contributed by atoms with van der Waals surface area (Å²) in [4.78, 5) is 16.7. The van der Waals surface area contributed by atoms with Crippen molar-refractivity contribution in [2.45, 2.75) is 0 Å². The van der Waals surface area contributed by atoms with E-state index in [9.17, 15) is 14.3 Å². The topological polar surface area (TPSA) is 70.9 Å². The molecule has 1 heterocycles. The Hall–Kier alpha value is -2.80. The van der Waals surface area contributed by atoms with Crippen LogP contribution in [0.3, 0.4) is 0 Å². The van der Waals surface area contributed by atoms with Crippen LogP contribution in [0.2, 0.25) is 0 Å². The molecule has 0 radical (unpaired) electrons. The monoisotopic (exact) mass is 344 g/mol. The highest BCUT2D eigenvalue weighted by atomic mass is 32.2. The molecular formula is C17H13FN2O3S. The molecule has 2 aromatic carbocycles. The molecule has 0 spiro atoms. The Bertz CT molecular complexity index is 847. The number of nitrogens with zero attached hydrogens (tertiary/aromatic N) is 1. The normalized spacial score (nSPS) is 17.3. The SMILES string of the molecule is COc1cccc(/C=C2\SC(=Nc3ccc(F)cc3)NC2=O)c1O. The highest BCUT2D eigenvalue weighted by Crippen LogP contribution is 2.34. The van der Waals surface area contributed by atoms with Gasteiger partial charge in [0.15, 0.2) is 16.7 Å². The molecule has 1 saturated heterocycles. The summed E-state index contributed by atoms with van der Waals surface area (Å²) in [5.74, 6) is -0.378. The van der Waals surface area contributed by atoms with Gasteiger partial charge in [0, 0.05) is 5.56 Å². The van der Waals surface area contributed by atoms with Crippen molar-refractivity contribution in [2.75, 3.05) is 7.11 Å². The minimum atomic E-state index is -0.351. The number of nitrogens with one attached hydrogen (secondary N) is 1. The molecule has 2 N–H and O–H groups in total. The van der Waals surface area contributed by atoms with Gasteiger partial charge >= 0.3 is 0 Å². The van der Waals surface area contributed by atoms with Crippen LogP contribution in [0, 0.1) is 5.82 Å². The zero-order chi connectivity index (χ0) is 17.1. The van der Waals surface area contributed by atoms with Gasteiger partial charge < -0.3 is 15.2 Å². The molecule has 0 aromatic heterocycles. The zero-order valence-corrected chi connectivity index (χ0v) is 13.4. The van der Waals surface area contributed by atoms with E-state index in [2.05, 4.69) is 10.3 Å². The molecule has 0 atom stereocenters. The number of phenols is 1. The molecule has 122 valence electrons. The van der Waals surface area contributed by atoms with E-state index in [1.807, 2.05) is 0 Å². The fourth-order valence-electron chi connectivity index (χ4n) is 2.08. The predicted molar refractivity (Wildman–Crippen MR) is 91.9 cm³/mol. The van der Waals surface area contributed by atoms with E-state index in [4.69, 9.17) is 4.74 Å². The number of ether oxygens (including phenoxy) is 1. The first-order valence-electron chi connectivity index (χ1n) is 6.98. The maximum absolute atomic E-state index is 12.9. The average molecular weight is 344 g/mol. The summed E-state index contributed by atoms with van der Waals surface area (Å²) < 4.78 is 17.9. The molecule has 2 aromatic rings. The molecule has 24 heavy (non-hydrogen) atoms. The lowest BCUT2D eigenvalue weighted by atomic mass is 10.1. The molecule has 0 aliphatic carbocycles. The fourth-order valence-corrected chi connectivity index (χ4v) is 2.91. The first-order chi connectivity index (χ1) is 11.6. The van der Waals surface area contributed by atoms with E-state index in [1.54, 1.807) is 24.3 Å². The van der Waals surface area contributed by atoms with Gasteiger partial charge in [-0.15, -0.1) is 0 Å². The van der Waals surface area contributed by atoms with Crippen molar-refractivity contribution < 1.29 is 19.0 Å². The van der Waals surface area contributed by atoms with Gasteiger partial charge in [0.05, 0.1) is 17.7 Å². The van der Waals surface area contributed by atoms with E-state index in [-0.39, 0.29) is 17.5 Å². The molecule has 1 amide bonds. The number of carbonyl (C=O) groups excluding carboxylic acids is 1. The van der Waals surface area contributed by atoms with Crippen molar-refractivity contribution >= 4 is 34.6 Å². The standard InChI is InChI=1S/C17H13FN2O3S/c1-23-13-4-2-3-10(15(13)21)9-14-16(22)20-17(24-14)19-12-7-5-11(18)6-8-12/h2-9,21H,1H3,(H,19,20,22)/b14-9-. The largest absolute Gasteiger partial charge is 0.504 e. The third kappa shape index (κ3) is 3.41. The van der Waals surface area contributed by atoms with Gasteiger partial charge in [0.1, 0.15) is 5.82 Å². The highest BCUT2D eigenvalue weighted by molar-refractivity contribution is 8.18. The summed E-state index contributed by atoms with van der Waals surface area (Å²) >= 11 is 1.14. The van der Waals surface area contributed by atoms with Crippen molar-refractivity contribution in [3.05, 3.63) is 58.8 Å². The number of rotatable bonds is 3. The molecule has 0 bridgehead atoms. The van der Waals surface area contributed by atoms with Crippen LogP contribution in [0.25, 0.3) is 6.08 Å². The summed E-state index contributed by atoms with van der Waals surface area (Å²) in [6.07, 6.45) is 1.56. The van der Waals surface area contributed by atoms with Gasteiger partial charge in [-0.2, -0.15) is 0 Å². The second-order valence-electron chi connectivity index (χ2n) is 4.86. The smallest absolute Gasteiger partial charge is 0.264 e. The first kappa shape index (κ1) is 16.1. The van der Waals surface area contributed by atoms with E-state index in [0.717, 1.165) is 11.8 Å². The minimum absolute atomic E-state index is 0.0372. The predicted octanol–water partition coefficient (Wildman–Crippen LogP) is 3.43. The Balaban J connectivity index is 1.86. The van der Waals surface area contributed by atoms with Crippen LogP contribution in [0.4, 0.5) is 10.1 Å². The van der Waals surface area contributed by atoms with Gasteiger partial charge in [-0.25, -0.2) is 9.38 Å². The summed E-state index contributed by atoms with van der Waals surface area (Å²) in [6, 6.07) is 10.7. The van der Waals surface area contributed by atoms with Crippen LogP contribution in [0.5, 0.6) is 11.5 Å². The summed E-state index contributed by atoms with van der Waals surface area (Å²) in [5.41, 5.74) is 1.000. The van der Waals surface area contributed by atoms with Crippen molar-refractivity contribution in [3.63, 3.8) is 0 Å². The van der Waals surface area contributed by atoms with Gasteiger partial charge in [-0.3, -0.25) is 4.79 Å². The van der Waals surface area contributed by atoms with Gasteiger partial charge in [-0.1, -0.05) is 12.1 Å². The van der Waals surface area contributed by atoms with Crippen LogP contribution in [-0.2, 0) is 4.79 Å². The molecule has 3 rings (SSSR count). The van der Waals surface area contributed by atoms with E-state index in [1.165, 1.54) is 31.4 Å². The van der Waals surface area contributed by atoms with E-state index in [0.29, 0.717) is 27.1 Å². The lowest BCUT2D eigenvalue weighted by molar-refractivity contribution is -0.115.